The Kier molecular flexibility index (Phi) is 8.36. The van der Waals surface area contributed by atoms with Crippen molar-refractivity contribution in [1.82, 2.24) is 4.90 Å². The minimum atomic E-state index is 0.0606. The first kappa shape index (κ1) is 16.3. The topological polar surface area (TPSA) is 12.5 Å². The third-order valence-corrected chi connectivity index (χ3v) is 3.95. The highest BCUT2D eigenvalue weighted by molar-refractivity contribution is 7.80. The number of nitrogens with zero attached hydrogens (tertiary/aromatic N) is 1. The first-order valence-electron chi connectivity index (χ1n) is 7.61. The second-order valence-electron chi connectivity index (χ2n) is 6.08. The summed E-state index contributed by atoms with van der Waals surface area (Å²) in [7, 11) is 0. The maximum Gasteiger partial charge on any atom is 0.0753 e. The molecule has 0 amide bonds. The molecule has 0 aromatic heterocycles. The van der Waals surface area contributed by atoms with Gasteiger partial charge in [0.2, 0.25) is 0 Å². The average Bonchev–Trinajstić information content (AvgIpc) is 2.31. The van der Waals surface area contributed by atoms with Gasteiger partial charge in [-0.2, -0.15) is 12.6 Å². The lowest BCUT2D eigenvalue weighted by molar-refractivity contribution is -0.0861. The van der Waals surface area contributed by atoms with Crippen LogP contribution < -0.4 is 0 Å². The van der Waals surface area contributed by atoms with Crippen LogP contribution in [0.5, 0.6) is 0 Å². The third-order valence-electron chi connectivity index (χ3n) is 3.64. The van der Waals surface area contributed by atoms with Crippen molar-refractivity contribution in [1.29, 1.82) is 0 Å². The molecule has 0 atom stereocenters. The molecule has 18 heavy (non-hydrogen) atoms. The Morgan fingerprint density at radius 3 is 2.22 bits per heavy atom. The summed E-state index contributed by atoms with van der Waals surface area (Å²) < 4.78 is 5.73. The summed E-state index contributed by atoms with van der Waals surface area (Å²) in [6.45, 7) is 8.75. The fourth-order valence-electron chi connectivity index (χ4n) is 2.64. The summed E-state index contributed by atoms with van der Waals surface area (Å²) >= 11 is 4.24. The summed E-state index contributed by atoms with van der Waals surface area (Å²) in [6.07, 6.45) is 9.59. The summed E-state index contributed by atoms with van der Waals surface area (Å²) in [5.74, 6) is 1.05. The van der Waals surface area contributed by atoms with Crippen LogP contribution in [0.4, 0.5) is 0 Å². The SMILES string of the molecule is CC1(C)CN(CCCCCCCCCS)CCO1. The number of unbranched alkanes of at least 4 members (excludes halogenated alkanes) is 6. The van der Waals surface area contributed by atoms with E-state index in [9.17, 15) is 0 Å². The minimum Gasteiger partial charge on any atom is -0.373 e. The van der Waals surface area contributed by atoms with E-state index >= 15 is 0 Å². The van der Waals surface area contributed by atoms with E-state index in [-0.39, 0.29) is 5.60 Å². The van der Waals surface area contributed by atoms with E-state index in [2.05, 4.69) is 31.4 Å². The van der Waals surface area contributed by atoms with Crippen molar-refractivity contribution in [3.05, 3.63) is 0 Å². The van der Waals surface area contributed by atoms with Crippen LogP contribution in [-0.4, -0.2) is 42.5 Å². The van der Waals surface area contributed by atoms with Gasteiger partial charge in [0.05, 0.1) is 12.2 Å². The van der Waals surface area contributed by atoms with Crippen LogP contribution in [0.2, 0.25) is 0 Å². The quantitative estimate of drug-likeness (QED) is 0.507. The molecular formula is C15H31NOS. The molecule has 1 aliphatic heterocycles. The monoisotopic (exact) mass is 273 g/mol. The van der Waals surface area contributed by atoms with Gasteiger partial charge in [-0.05, 0) is 39.0 Å². The van der Waals surface area contributed by atoms with Crippen LogP contribution in [0.1, 0.15) is 58.8 Å². The maximum atomic E-state index is 5.73. The number of hydrogen-bond donors (Lipinski definition) is 1. The molecule has 0 N–H and O–H groups in total. The summed E-state index contributed by atoms with van der Waals surface area (Å²) in [4.78, 5) is 2.56. The molecule has 0 aliphatic carbocycles. The van der Waals surface area contributed by atoms with Gasteiger partial charge in [0.15, 0.2) is 0 Å². The van der Waals surface area contributed by atoms with Crippen LogP contribution in [0.15, 0.2) is 0 Å². The molecule has 0 saturated carbocycles. The molecule has 1 aliphatic rings. The van der Waals surface area contributed by atoms with Gasteiger partial charge < -0.3 is 4.74 Å². The highest BCUT2D eigenvalue weighted by Crippen LogP contribution is 2.17. The van der Waals surface area contributed by atoms with E-state index in [1.54, 1.807) is 0 Å². The summed E-state index contributed by atoms with van der Waals surface area (Å²) in [6, 6.07) is 0. The molecule has 1 heterocycles. The summed E-state index contributed by atoms with van der Waals surface area (Å²) in [5, 5.41) is 0. The zero-order valence-electron chi connectivity index (χ0n) is 12.3. The van der Waals surface area contributed by atoms with Gasteiger partial charge in [-0.1, -0.05) is 32.1 Å². The van der Waals surface area contributed by atoms with E-state index in [0.29, 0.717) is 0 Å². The van der Waals surface area contributed by atoms with Crippen molar-refractivity contribution in [3.63, 3.8) is 0 Å². The molecule has 0 unspecified atom stereocenters. The number of rotatable bonds is 9. The lowest BCUT2D eigenvalue weighted by Gasteiger charge is -2.38. The Bertz CT molecular complexity index is 209. The second kappa shape index (κ2) is 9.22. The molecule has 1 rings (SSSR count). The Labute approximate surface area is 119 Å². The first-order valence-corrected chi connectivity index (χ1v) is 8.24. The molecule has 0 aromatic carbocycles. The lowest BCUT2D eigenvalue weighted by Crippen LogP contribution is -2.48. The molecule has 0 aromatic rings. The van der Waals surface area contributed by atoms with Crippen molar-refractivity contribution in [2.24, 2.45) is 0 Å². The average molecular weight is 273 g/mol. The molecule has 3 heteroatoms. The number of ether oxygens (including phenoxy) is 1. The normalized spacial score (nSPS) is 20.2. The Balaban J connectivity index is 1.91. The fourth-order valence-corrected chi connectivity index (χ4v) is 2.86. The Morgan fingerprint density at radius 1 is 1.00 bits per heavy atom. The first-order chi connectivity index (χ1) is 8.64. The second-order valence-corrected chi connectivity index (χ2v) is 6.53. The Hall–Kier alpha value is 0.270. The molecule has 1 saturated heterocycles. The molecular weight excluding hydrogens is 242 g/mol. The van der Waals surface area contributed by atoms with E-state index in [0.717, 1.165) is 25.4 Å². The van der Waals surface area contributed by atoms with Crippen LogP contribution in [0, 0.1) is 0 Å². The van der Waals surface area contributed by atoms with E-state index in [4.69, 9.17) is 4.74 Å². The van der Waals surface area contributed by atoms with Crippen molar-refractivity contribution < 1.29 is 4.74 Å². The van der Waals surface area contributed by atoms with Crippen LogP contribution >= 0.6 is 12.6 Å². The fraction of sp³-hybridized carbons (Fsp3) is 1.00. The third kappa shape index (κ3) is 7.65. The highest BCUT2D eigenvalue weighted by atomic mass is 32.1. The molecule has 108 valence electrons. The standard InChI is InChI=1S/C15H31NOS/c1-15(2)14-16(11-12-17-15)10-8-6-4-3-5-7-9-13-18/h18H,3-14H2,1-2H3. The molecule has 0 radical (unpaired) electrons. The smallest absolute Gasteiger partial charge is 0.0753 e. The van der Waals surface area contributed by atoms with Crippen LogP contribution in [0.25, 0.3) is 0 Å². The minimum absolute atomic E-state index is 0.0606. The zero-order chi connectivity index (χ0) is 13.3. The largest absolute Gasteiger partial charge is 0.373 e. The number of thiol groups is 1. The van der Waals surface area contributed by atoms with Gasteiger partial charge in [-0.15, -0.1) is 0 Å². The van der Waals surface area contributed by atoms with Crippen molar-refractivity contribution in [3.8, 4) is 0 Å². The van der Waals surface area contributed by atoms with Gasteiger partial charge in [0.1, 0.15) is 0 Å². The van der Waals surface area contributed by atoms with Gasteiger partial charge in [-0.3, -0.25) is 4.90 Å². The van der Waals surface area contributed by atoms with Gasteiger partial charge in [-0.25, -0.2) is 0 Å². The molecule has 1 fully saturated rings. The Morgan fingerprint density at radius 2 is 1.61 bits per heavy atom. The molecule has 0 spiro atoms. The van der Waals surface area contributed by atoms with Crippen LogP contribution in [0.3, 0.4) is 0 Å². The molecule has 0 bridgehead atoms. The molecule has 2 nitrogen and oxygen atoms in total. The predicted molar refractivity (Wildman–Crippen MR) is 82.6 cm³/mol. The van der Waals surface area contributed by atoms with E-state index in [1.807, 2.05) is 0 Å². The zero-order valence-corrected chi connectivity index (χ0v) is 13.2. The van der Waals surface area contributed by atoms with Crippen molar-refractivity contribution in [2.45, 2.75) is 64.4 Å². The number of morpholine rings is 1. The summed E-state index contributed by atoms with van der Waals surface area (Å²) in [5.41, 5.74) is 0.0606. The van der Waals surface area contributed by atoms with Crippen molar-refractivity contribution in [2.75, 3.05) is 32.0 Å². The predicted octanol–water partition coefficient (Wildman–Crippen LogP) is 3.76. The number of hydrogen-bond acceptors (Lipinski definition) is 3. The van der Waals surface area contributed by atoms with E-state index in [1.165, 1.54) is 51.5 Å². The maximum absolute atomic E-state index is 5.73. The van der Waals surface area contributed by atoms with Crippen molar-refractivity contribution >= 4 is 12.6 Å². The van der Waals surface area contributed by atoms with Gasteiger partial charge in [0.25, 0.3) is 0 Å². The highest BCUT2D eigenvalue weighted by Gasteiger charge is 2.26. The lowest BCUT2D eigenvalue weighted by atomic mass is 10.1. The van der Waals surface area contributed by atoms with Gasteiger partial charge in [0, 0.05) is 13.1 Å². The van der Waals surface area contributed by atoms with Gasteiger partial charge >= 0.3 is 0 Å². The van der Waals surface area contributed by atoms with E-state index < -0.39 is 0 Å². The van der Waals surface area contributed by atoms with Crippen LogP contribution in [-0.2, 0) is 4.74 Å².